The molecule has 0 radical (unpaired) electrons. The molecule has 0 unspecified atom stereocenters. The van der Waals surface area contributed by atoms with Crippen molar-refractivity contribution in [3.05, 3.63) is 34.5 Å². The van der Waals surface area contributed by atoms with Gasteiger partial charge in [-0.1, -0.05) is 11.6 Å². The summed E-state index contributed by atoms with van der Waals surface area (Å²) in [6, 6.07) is 2.75. The summed E-state index contributed by atoms with van der Waals surface area (Å²) in [4.78, 5) is 3.40. The molecule has 1 heterocycles. The van der Waals surface area contributed by atoms with Crippen LogP contribution < -0.4 is 4.74 Å². The lowest BCUT2D eigenvalue weighted by Gasteiger charge is -2.14. The Balaban J connectivity index is 2.62. The van der Waals surface area contributed by atoms with Gasteiger partial charge in [0, 0.05) is 5.39 Å². The molecule has 114 valence electrons. The first-order valence-corrected chi connectivity index (χ1v) is 5.79. The number of benzene rings is 1. The van der Waals surface area contributed by atoms with Crippen molar-refractivity contribution in [2.45, 2.75) is 19.5 Å². The van der Waals surface area contributed by atoms with Crippen molar-refractivity contribution in [1.82, 2.24) is 4.98 Å². The molecule has 1 aromatic carbocycles. The summed E-state index contributed by atoms with van der Waals surface area (Å²) < 4.78 is 78.4. The van der Waals surface area contributed by atoms with Crippen LogP contribution in [-0.4, -0.2) is 11.3 Å². The zero-order valence-electron chi connectivity index (χ0n) is 10.2. The first-order valence-electron chi connectivity index (χ1n) is 5.42. The van der Waals surface area contributed by atoms with Gasteiger partial charge in [0.2, 0.25) is 0 Å². The average Bonchev–Trinajstić information content (AvgIpc) is 2.31. The molecule has 0 bridgehead atoms. The molecule has 9 heteroatoms. The van der Waals surface area contributed by atoms with Gasteiger partial charge in [-0.05, 0) is 30.7 Å². The lowest BCUT2D eigenvalue weighted by Crippen LogP contribution is -2.17. The molecule has 2 aromatic rings. The van der Waals surface area contributed by atoms with E-state index in [1.54, 1.807) is 0 Å². The number of hydrogen-bond acceptors (Lipinski definition) is 2. The van der Waals surface area contributed by atoms with Gasteiger partial charge in [-0.25, -0.2) is 4.98 Å². The van der Waals surface area contributed by atoms with E-state index in [0.717, 1.165) is 25.1 Å². The van der Waals surface area contributed by atoms with Crippen LogP contribution in [0, 0.1) is 6.92 Å². The SMILES string of the molecule is Cc1c(C(F)(F)F)nc2ccc(OC(F)(F)F)cc2c1Cl. The lowest BCUT2D eigenvalue weighted by atomic mass is 10.1. The second kappa shape index (κ2) is 4.94. The van der Waals surface area contributed by atoms with E-state index in [-0.39, 0.29) is 21.5 Å². The fourth-order valence-corrected chi connectivity index (χ4v) is 2.01. The van der Waals surface area contributed by atoms with Crippen molar-refractivity contribution in [3.63, 3.8) is 0 Å². The van der Waals surface area contributed by atoms with Crippen LogP contribution >= 0.6 is 11.6 Å². The summed E-state index contributed by atoms with van der Waals surface area (Å²) in [6.07, 6.45) is -9.61. The summed E-state index contributed by atoms with van der Waals surface area (Å²) in [7, 11) is 0. The zero-order valence-corrected chi connectivity index (χ0v) is 11.0. The van der Waals surface area contributed by atoms with Gasteiger partial charge in [0.1, 0.15) is 11.4 Å². The molecule has 2 rings (SSSR count). The standard InChI is InChI=1S/C12H6ClF6NO/c1-5-9(13)7-4-6(21-12(17,18)19)2-3-8(7)20-10(5)11(14,15)16/h2-4H,1H3. The maximum absolute atomic E-state index is 12.8. The number of alkyl halides is 6. The zero-order chi connectivity index (χ0) is 16.0. The Morgan fingerprint density at radius 3 is 2.24 bits per heavy atom. The van der Waals surface area contributed by atoms with Gasteiger partial charge in [-0.2, -0.15) is 13.2 Å². The molecule has 1 aromatic heterocycles. The third-order valence-corrected chi connectivity index (χ3v) is 3.11. The number of pyridine rings is 1. The second-order valence-corrected chi connectivity index (χ2v) is 4.50. The Labute approximate surface area is 119 Å². The van der Waals surface area contributed by atoms with Crippen LogP contribution in [0.2, 0.25) is 5.02 Å². The molecule has 2 nitrogen and oxygen atoms in total. The van der Waals surface area contributed by atoms with Crippen molar-refractivity contribution in [3.8, 4) is 5.75 Å². The lowest BCUT2D eigenvalue weighted by molar-refractivity contribution is -0.274. The minimum absolute atomic E-state index is 0.0519. The van der Waals surface area contributed by atoms with E-state index >= 15 is 0 Å². The van der Waals surface area contributed by atoms with Crippen LogP contribution in [-0.2, 0) is 6.18 Å². The largest absolute Gasteiger partial charge is 0.573 e. The van der Waals surface area contributed by atoms with Gasteiger partial charge >= 0.3 is 12.5 Å². The Kier molecular flexibility index (Phi) is 3.69. The molecular weight excluding hydrogens is 324 g/mol. The highest BCUT2D eigenvalue weighted by Crippen LogP contribution is 2.38. The van der Waals surface area contributed by atoms with E-state index in [1.807, 2.05) is 0 Å². The summed E-state index contributed by atoms with van der Waals surface area (Å²) in [6.45, 7) is 1.09. The molecular formula is C12H6ClF6NO. The summed E-state index contributed by atoms with van der Waals surface area (Å²) in [5.74, 6) is -0.585. The van der Waals surface area contributed by atoms with E-state index < -0.39 is 24.0 Å². The van der Waals surface area contributed by atoms with Crippen molar-refractivity contribution in [2.75, 3.05) is 0 Å². The van der Waals surface area contributed by atoms with Crippen molar-refractivity contribution >= 4 is 22.5 Å². The highest BCUT2D eigenvalue weighted by Gasteiger charge is 2.36. The van der Waals surface area contributed by atoms with E-state index in [0.29, 0.717) is 0 Å². The number of rotatable bonds is 1. The Hall–Kier alpha value is -1.70. The van der Waals surface area contributed by atoms with Crippen LogP contribution in [0.25, 0.3) is 10.9 Å². The molecule has 0 N–H and O–H groups in total. The second-order valence-electron chi connectivity index (χ2n) is 4.12. The number of nitrogens with zero attached hydrogens (tertiary/aromatic N) is 1. The summed E-state index contributed by atoms with van der Waals surface area (Å²) in [5, 5.41) is -0.371. The molecule has 21 heavy (non-hydrogen) atoms. The molecule has 0 fully saturated rings. The average molecular weight is 330 g/mol. The van der Waals surface area contributed by atoms with Gasteiger partial charge in [-0.3, -0.25) is 0 Å². The molecule has 0 spiro atoms. The van der Waals surface area contributed by atoms with Gasteiger partial charge in [-0.15, -0.1) is 13.2 Å². The number of hydrogen-bond donors (Lipinski definition) is 0. The van der Waals surface area contributed by atoms with Crippen LogP contribution in [0.3, 0.4) is 0 Å². The predicted molar refractivity (Wildman–Crippen MR) is 63.2 cm³/mol. The number of fused-ring (bicyclic) bond motifs is 1. The first kappa shape index (κ1) is 15.7. The predicted octanol–water partition coefficient (Wildman–Crippen LogP) is 5.11. The molecule has 0 amide bonds. The van der Waals surface area contributed by atoms with Gasteiger partial charge in [0.25, 0.3) is 0 Å². The number of aromatic nitrogens is 1. The van der Waals surface area contributed by atoms with Gasteiger partial charge in [0.05, 0.1) is 10.5 Å². The summed E-state index contributed by atoms with van der Waals surface area (Å²) >= 11 is 5.80. The van der Waals surface area contributed by atoms with Gasteiger partial charge in [0.15, 0.2) is 0 Å². The smallest absolute Gasteiger partial charge is 0.406 e. The molecule has 0 aliphatic carbocycles. The number of halogens is 7. The Morgan fingerprint density at radius 2 is 1.71 bits per heavy atom. The maximum atomic E-state index is 12.8. The molecule has 0 saturated heterocycles. The van der Waals surface area contributed by atoms with Crippen LogP contribution in [0.1, 0.15) is 11.3 Å². The van der Waals surface area contributed by atoms with Crippen LogP contribution in [0.4, 0.5) is 26.3 Å². The highest BCUT2D eigenvalue weighted by molar-refractivity contribution is 6.36. The molecule has 0 aliphatic rings. The Bertz CT molecular complexity index is 695. The summed E-state index contributed by atoms with van der Waals surface area (Å²) in [5.41, 5.74) is -1.71. The minimum atomic E-state index is -4.91. The monoisotopic (exact) mass is 329 g/mol. The third kappa shape index (κ3) is 3.31. The maximum Gasteiger partial charge on any atom is 0.573 e. The highest BCUT2D eigenvalue weighted by atomic mass is 35.5. The van der Waals surface area contributed by atoms with E-state index in [4.69, 9.17) is 11.6 Å². The van der Waals surface area contributed by atoms with Crippen molar-refractivity contribution in [1.29, 1.82) is 0 Å². The van der Waals surface area contributed by atoms with Crippen molar-refractivity contribution < 1.29 is 31.1 Å². The van der Waals surface area contributed by atoms with Crippen LogP contribution in [0.5, 0.6) is 5.75 Å². The van der Waals surface area contributed by atoms with E-state index in [2.05, 4.69) is 9.72 Å². The number of ether oxygens (including phenoxy) is 1. The van der Waals surface area contributed by atoms with Crippen LogP contribution in [0.15, 0.2) is 18.2 Å². The molecule has 0 aliphatic heterocycles. The molecule has 0 atom stereocenters. The first-order chi connectivity index (χ1) is 9.49. The minimum Gasteiger partial charge on any atom is -0.406 e. The molecule has 0 saturated carbocycles. The normalized spacial score (nSPS) is 12.8. The topological polar surface area (TPSA) is 22.1 Å². The van der Waals surface area contributed by atoms with Crippen molar-refractivity contribution in [2.24, 2.45) is 0 Å². The fraction of sp³-hybridized carbons (Fsp3) is 0.250. The third-order valence-electron chi connectivity index (χ3n) is 2.62. The van der Waals surface area contributed by atoms with E-state index in [9.17, 15) is 26.3 Å². The fourth-order valence-electron chi connectivity index (χ4n) is 1.77. The Morgan fingerprint density at radius 1 is 1.10 bits per heavy atom. The van der Waals surface area contributed by atoms with E-state index in [1.165, 1.54) is 0 Å². The van der Waals surface area contributed by atoms with Gasteiger partial charge < -0.3 is 4.74 Å². The quantitative estimate of drug-likeness (QED) is 0.678.